The largest absolute Gasteiger partial charge is 0.338 e. The predicted molar refractivity (Wildman–Crippen MR) is 96.1 cm³/mol. The summed E-state index contributed by atoms with van der Waals surface area (Å²) in [6.07, 6.45) is 9.66. The molecule has 1 aliphatic heterocycles. The minimum absolute atomic E-state index is 0.0323. The third-order valence-electron chi connectivity index (χ3n) is 4.86. The van der Waals surface area contributed by atoms with Crippen molar-refractivity contribution in [3.05, 3.63) is 66.4 Å². The van der Waals surface area contributed by atoms with Crippen molar-refractivity contribution < 1.29 is 4.79 Å². The van der Waals surface area contributed by atoms with Gasteiger partial charge in [-0.15, -0.1) is 0 Å². The molecule has 0 bridgehead atoms. The summed E-state index contributed by atoms with van der Waals surface area (Å²) in [5, 5.41) is 1.21. The molecule has 4 rings (SSSR count). The van der Waals surface area contributed by atoms with E-state index in [2.05, 4.69) is 33.2 Å². The number of hydrogen-bond acceptors (Lipinski definition) is 4. The van der Waals surface area contributed by atoms with Crippen molar-refractivity contribution in [3.8, 4) is 0 Å². The minimum Gasteiger partial charge on any atom is -0.338 e. The quantitative estimate of drug-likeness (QED) is 0.739. The van der Waals surface area contributed by atoms with Crippen LogP contribution in [0.15, 0.2) is 55.2 Å². The zero-order valence-corrected chi connectivity index (χ0v) is 14.0. The molecule has 1 aliphatic rings. The second-order valence-corrected chi connectivity index (χ2v) is 6.58. The van der Waals surface area contributed by atoms with Crippen LogP contribution in [0.1, 0.15) is 28.8 Å². The van der Waals surface area contributed by atoms with Gasteiger partial charge in [-0.2, -0.15) is 0 Å². The van der Waals surface area contributed by atoms with E-state index in [1.54, 1.807) is 12.4 Å². The van der Waals surface area contributed by atoms with Crippen molar-refractivity contribution >= 4 is 16.8 Å². The van der Waals surface area contributed by atoms with Crippen LogP contribution in [0.4, 0.5) is 0 Å². The van der Waals surface area contributed by atoms with Crippen molar-refractivity contribution in [1.82, 2.24) is 19.9 Å². The summed E-state index contributed by atoms with van der Waals surface area (Å²) in [6, 6.07) is 10.4. The van der Waals surface area contributed by atoms with Crippen LogP contribution >= 0.6 is 0 Å². The maximum Gasteiger partial charge on any atom is 0.256 e. The first-order chi connectivity index (χ1) is 12.3. The van der Waals surface area contributed by atoms with Crippen LogP contribution in [-0.4, -0.2) is 38.8 Å². The number of nitrogens with zero attached hydrogens (tertiary/aromatic N) is 4. The molecule has 0 unspecified atom stereocenters. The van der Waals surface area contributed by atoms with Crippen molar-refractivity contribution in [2.24, 2.45) is 5.92 Å². The van der Waals surface area contributed by atoms with Gasteiger partial charge in [-0.05, 0) is 42.9 Å². The van der Waals surface area contributed by atoms with Gasteiger partial charge in [-0.25, -0.2) is 9.97 Å². The Morgan fingerprint density at radius 1 is 1.16 bits per heavy atom. The van der Waals surface area contributed by atoms with Crippen LogP contribution in [0.25, 0.3) is 10.9 Å². The highest BCUT2D eigenvalue weighted by molar-refractivity contribution is 5.93. The van der Waals surface area contributed by atoms with Crippen LogP contribution in [0.5, 0.6) is 0 Å². The number of aromatic nitrogens is 3. The van der Waals surface area contributed by atoms with E-state index in [0.29, 0.717) is 11.5 Å². The summed E-state index contributed by atoms with van der Waals surface area (Å²) >= 11 is 0. The van der Waals surface area contributed by atoms with E-state index in [-0.39, 0.29) is 5.91 Å². The first kappa shape index (κ1) is 15.7. The van der Waals surface area contributed by atoms with Gasteiger partial charge in [0.15, 0.2) is 0 Å². The Balaban J connectivity index is 1.51. The Morgan fingerprint density at radius 3 is 2.88 bits per heavy atom. The summed E-state index contributed by atoms with van der Waals surface area (Å²) in [7, 11) is 0. The van der Waals surface area contributed by atoms with Crippen LogP contribution in [-0.2, 0) is 6.42 Å². The number of para-hydroxylation sites is 1. The monoisotopic (exact) mass is 332 g/mol. The van der Waals surface area contributed by atoms with Crippen molar-refractivity contribution in [1.29, 1.82) is 0 Å². The lowest BCUT2D eigenvalue weighted by atomic mass is 9.90. The fourth-order valence-electron chi connectivity index (χ4n) is 3.65. The Bertz CT molecular complexity index is 876. The lowest BCUT2D eigenvalue weighted by molar-refractivity contribution is 0.0672. The maximum absolute atomic E-state index is 12.6. The number of piperidine rings is 1. The van der Waals surface area contributed by atoms with Gasteiger partial charge < -0.3 is 4.90 Å². The number of amides is 1. The second kappa shape index (κ2) is 6.97. The van der Waals surface area contributed by atoms with Gasteiger partial charge in [0, 0.05) is 37.1 Å². The number of hydrogen-bond donors (Lipinski definition) is 0. The fraction of sp³-hybridized carbons (Fsp3) is 0.300. The Kier molecular flexibility index (Phi) is 4.37. The number of rotatable bonds is 3. The van der Waals surface area contributed by atoms with Gasteiger partial charge in [0.2, 0.25) is 0 Å². The molecular weight excluding hydrogens is 312 g/mol. The van der Waals surface area contributed by atoms with Crippen LogP contribution in [0, 0.1) is 5.92 Å². The first-order valence-corrected chi connectivity index (χ1v) is 8.68. The molecule has 3 heterocycles. The zero-order valence-electron chi connectivity index (χ0n) is 14.0. The topological polar surface area (TPSA) is 59.0 Å². The average molecular weight is 332 g/mol. The van der Waals surface area contributed by atoms with Gasteiger partial charge in [0.1, 0.15) is 6.33 Å². The molecule has 25 heavy (non-hydrogen) atoms. The van der Waals surface area contributed by atoms with Gasteiger partial charge in [-0.1, -0.05) is 18.2 Å². The third kappa shape index (κ3) is 3.36. The molecular formula is C20H20N4O. The zero-order chi connectivity index (χ0) is 17.1. The first-order valence-electron chi connectivity index (χ1n) is 8.68. The molecule has 1 saturated heterocycles. The van der Waals surface area contributed by atoms with Crippen LogP contribution in [0.3, 0.4) is 0 Å². The molecule has 0 aliphatic carbocycles. The normalized spacial score (nSPS) is 17.6. The molecule has 2 aromatic heterocycles. The summed E-state index contributed by atoms with van der Waals surface area (Å²) in [5.41, 5.74) is 2.91. The number of benzene rings is 1. The number of carbonyl (C=O) groups excluding carboxylic acids is 1. The number of carbonyl (C=O) groups is 1. The van der Waals surface area contributed by atoms with Crippen molar-refractivity contribution in [2.45, 2.75) is 19.3 Å². The van der Waals surface area contributed by atoms with Gasteiger partial charge in [0.25, 0.3) is 5.91 Å². The molecule has 1 fully saturated rings. The van der Waals surface area contributed by atoms with E-state index in [9.17, 15) is 4.79 Å². The smallest absolute Gasteiger partial charge is 0.256 e. The molecule has 126 valence electrons. The summed E-state index contributed by atoms with van der Waals surface area (Å²) in [5.74, 6) is 0.498. The summed E-state index contributed by atoms with van der Waals surface area (Å²) in [4.78, 5) is 26.9. The molecule has 3 aromatic rings. The second-order valence-electron chi connectivity index (χ2n) is 6.58. The molecule has 5 nitrogen and oxygen atoms in total. The molecule has 0 N–H and O–H groups in total. The highest BCUT2D eigenvalue weighted by atomic mass is 16.2. The molecule has 5 heteroatoms. The van der Waals surface area contributed by atoms with E-state index >= 15 is 0 Å². The van der Waals surface area contributed by atoms with Crippen LogP contribution < -0.4 is 0 Å². The summed E-state index contributed by atoms with van der Waals surface area (Å²) in [6.45, 7) is 1.59. The molecule has 0 spiro atoms. The van der Waals surface area contributed by atoms with Gasteiger partial charge in [-0.3, -0.25) is 9.78 Å². The highest BCUT2D eigenvalue weighted by Crippen LogP contribution is 2.25. The minimum atomic E-state index is 0.0323. The summed E-state index contributed by atoms with van der Waals surface area (Å²) < 4.78 is 0. The third-order valence-corrected chi connectivity index (χ3v) is 4.86. The molecule has 1 atom stereocenters. The van der Waals surface area contributed by atoms with E-state index in [1.165, 1.54) is 17.3 Å². The Labute approximate surface area is 146 Å². The predicted octanol–water partition coefficient (Wildman–Crippen LogP) is 3.12. The van der Waals surface area contributed by atoms with E-state index in [0.717, 1.165) is 37.9 Å². The highest BCUT2D eigenvalue weighted by Gasteiger charge is 2.25. The number of pyridine rings is 1. The molecule has 0 saturated carbocycles. The number of fused-ring (bicyclic) bond motifs is 1. The van der Waals surface area contributed by atoms with E-state index in [4.69, 9.17) is 0 Å². The van der Waals surface area contributed by atoms with Gasteiger partial charge in [0.05, 0.1) is 11.1 Å². The fourth-order valence-corrected chi connectivity index (χ4v) is 3.65. The Hall–Kier alpha value is -2.82. The van der Waals surface area contributed by atoms with E-state index in [1.807, 2.05) is 23.2 Å². The lowest BCUT2D eigenvalue weighted by Crippen LogP contribution is -2.40. The maximum atomic E-state index is 12.6. The Morgan fingerprint density at radius 2 is 2.00 bits per heavy atom. The van der Waals surface area contributed by atoms with Gasteiger partial charge >= 0.3 is 0 Å². The molecule has 0 radical (unpaired) electrons. The van der Waals surface area contributed by atoms with E-state index < -0.39 is 0 Å². The SMILES string of the molecule is O=C(c1cncnc1)N1CCC[C@H](Cc2ccnc3ccccc23)C1. The van der Waals surface area contributed by atoms with Crippen molar-refractivity contribution in [3.63, 3.8) is 0 Å². The van der Waals surface area contributed by atoms with Crippen molar-refractivity contribution in [2.75, 3.05) is 13.1 Å². The molecule has 1 aromatic carbocycles. The van der Waals surface area contributed by atoms with Crippen LogP contribution in [0.2, 0.25) is 0 Å². The number of likely N-dealkylation sites (tertiary alicyclic amines) is 1. The lowest BCUT2D eigenvalue weighted by Gasteiger charge is -2.33. The standard InChI is InChI=1S/C20H20N4O/c25-20(17-11-21-14-22-12-17)24-9-3-4-15(13-24)10-16-7-8-23-19-6-2-1-5-18(16)19/h1-2,5-8,11-12,14-15H,3-4,9-10,13H2/t15-/m1/s1. The molecule has 1 amide bonds. The average Bonchev–Trinajstić information content (AvgIpc) is 2.69.